The number of carbonyl (C=O) groups is 2. The Hall–Kier alpha value is -1.10. The van der Waals surface area contributed by atoms with Gasteiger partial charge in [-0.2, -0.15) is 0 Å². The highest BCUT2D eigenvalue weighted by Crippen LogP contribution is 2.10. The molecule has 0 aliphatic carbocycles. The molecule has 1 saturated heterocycles. The predicted molar refractivity (Wildman–Crippen MR) is 55.5 cm³/mol. The van der Waals surface area contributed by atoms with Gasteiger partial charge in [0, 0.05) is 13.1 Å². The van der Waals surface area contributed by atoms with Gasteiger partial charge in [-0.25, -0.2) is 0 Å². The minimum atomic E-state index is -0.945. The summed E-state index contributed by atoms with van der Waals surface area (Å²) in [5, 5.41) is 11.4. The second kappa shape index (κ2) is 5.70. The molecule has 5 nitrogen and oxygen atoms in total. The fourth-order valence-electron chi connectivity index (χ4n) is 1.82. The van der Waals surface area contributed by atoms with Crippen molar-refractivity contribution < 1.29 is 14.7 Å². The summed E-state index contributed by atoms with van der Waals surface area (Å²) in [7, 11) is 1.62. The number of rotatable bonds is 4. The predicted octanol–water partition coefficient (Wildman–Crippen LogP) is 0.0616. The second-order valence-corrected chi connectivity index (χ2v) is 3.83. The number of likely N-dealkylation sites (tertiary alicyclic amines) is 1. The molecular weight excluding hydrogens is 196 g/mol. The first-order valence-corrected chi connectivity index (χ1v) is 5.33. The normalized spacial score (nSPS) is 18.6. The molecule has 1 rings (SSSR count). The molecule has 15 heavy (non-hydrogen) atoms. The summed E-state index contributed by atoms with van der Waals surface area (Å²) in [6, 6.07) is -0.583. The van der Waals surface area contributed by atoms with Gasteiger partial charge in [-0.1, -0.05) is 0 Å². The Morgan fingerprint density at radius 1 is 1.33 bits per heavy atom. The van der Waals surface area contributed by atoms with Gasteiger partial charge in [0.2, 0.25) is 5.91 Å². The Morgan fingerprint density at radius 2 is 1.93 bits per heavy atom. The van der Waals surface area contributed by atoms with E-state index < -0.39 is 12.0 Å². The molecule has 0 aromatic carbocycles. The van der Waals surface area contributed by atoms with Gasteiger partial charge in [-0.05, 0) is 26.3 Å². The quantitative estimate of drug-likeness (QED) is 0.694. The summed E-state index contributed by atoms with van der Waals surface area (Å²) in [4.78, 5) is 24.2. The topological polar surface area (TPSA) is 69.6 Å². The van der Waals surface area contributed by atoms with E-state index in [0.29, 0.717) is 0 Å². The Kier molecular flexibility index (Phi) is 4.55. The summed E-state index contributed by atoms with van der Waals surface area (Å²) in [5.41, 5.74) is 0. The molecular formula is C10H18N2O3. The number of nitrogens with one attached hydrogen (secondary N) is 1. The maximum Gasteiger partial charge on any atom is 0.305 e. The molecule has 0 spiro atoms. The van der Waals surface area contributed by atoms with Crippen LogP contribution in [0.5, 0.6) is 0 Å². The molecule has 86 valence electrons. The van der Waals surface area contributed by atoms with Crippen molar-refractivity contribution in [3.8, 4) is 0 Å². The van der Waals surface area contributed by atoms with Crippen LogP contribution in [0.4, 0.5) is 0 Å². The third kappa shape index (κ3) is 3.51. The third-order valence-corrected chi connectivity index (χ3v) is 2.69. The number of piperidine rings is 1. The molecule has 5 heteroatoms. The molecule has 0 radical (unpaired) electrons. The highest BCUT2D eigenvalue weighted by atomic mass is 16.4. The van der Waals surface area contributed by atoms with Crippen LogP contribution < -0.4 is 5.32 Å². The number of hydrogen-bond donors (Lipinski definition) is 2. The maximum absolute atomic E-state index is 11.9. The summed E-state index contributed by atoms with van der Waals surface area (Å²) in [6.45, 7) is 1.52. The maximum atomic E-state index is 11.9. The van der Waals surface area contributed by atoms with E-state index in [9.17, 15) is 9.59 Å². The van der Waals surface area contributed by atoms with E-state index in [-0.39, 0.29) is 12.3 Å². The van der Waals surface area contributed by atoms with E-state index >= 15 is 0 Å². The van der Waals surface area contributed by atoms with Crippen LogP contribution in [-0.4, -0.2) is 48.1 Å². The van der Waals surface area contributed by atoms with Crippen molar-refractivity contribution in [2.24, 2.45) is 0 Å². The lowest BCUT2D eigenvalue weighted by Gasteiger charge is -2.29. The zero-order chi connectivity index (χ0) is 11.3. The number of aliphatic carboxylic acids is 1. The van der Waals surface area contributed by atoms with Crippen molar-refractivity contribution in [3.63, 3.8) is 0 Å². The van der Waals surface area contributed by atoms with Gasteiger partial charge >= 0.3 is 5.97 Å². The molecule has 1 atom stereocenters. The van der Waals surface area contributed by atoms with Crippen LogP contribution in [0.3, 0.4) is 0 Å². The monoisotopic (exact) mass is 214 g/mol. The van der Waals surface area contributed by atoms with E-state index in [1.807, 2.05) is 0 Å². The molecule has 0 saturated carbocycles. The van der Waals surface area contributed by atoms with E-state index in [1.54, 1.807) is 11.9 Å². The van der Waals surface area contributed by atoms with Crippen molar-refractivity contribution in [2.75, 3.05) is 20.1 Å². The zero-order valence-electron chi connectivity index (χ0n) is 9.03. The van der Waals surface area contributed by atoms with Gasteiger partial charge in [0.05, 0.1) is 12.5 Å². The van der Waals surface area contributed by atoms with Crippen molar-refractivity contribution in [1.82, 2.24) is 10.2 Å². The number of nitrogens with zero attached hydrogens (tertiary/aromatic N) is 1. The fraction of sp³-hybridized carbons (Fsp3) is 0.800. The standard InChI is InChI=1S/C10H18N2O3/c1-11-8(7-9(13)14)10(15)12-5-3-2-4-6-12/h8,11H,2-7H2,1H3,(H,13,14)/t8-/m0/s1. The largest absolute Gasteiger partial charge is 0.481 e. The smallest absolute Gasteiger partial charge is 0.305 e. The number of carbonyl (C=O) groups excluding carboxylic acids is 1. The molecule has 1 fully saturated rings. The first-order valence-electron chi connectivity index (χ1n) is 5.33. The molecule has 2 N–H and O–H groups in total. The van der Waals surface area contributed by atoms with Crippen molar-refractivity contribution in [1.29, 1.82) is 0 Å². The minimum Gasteiger partial charge on any atom is -0.481 e. The lowest BCUT2D eigenvalue weighted by molar-refractivity contribution is -0.143. The van der Waals surface area contributed by atoms with Crippen LogP contribution in [-0.2, 0) is 9.59 Å². The van der Waals surface area contributed by atoms with Crippen LogP contribution in [0.1, 0.15) is 25.7 Å². The average molecular weight is 214 g/mol. The highest BCUT2D eigenvalue weighted by Gasteiger charge is 2.25. The molecule has 1 aliphatic rings. The van der Waals surface area contributed by atoms with Crippen LogP contribution in [0.25, 0.3) is 0 Å². The van der Waals surface area contributed by atoms with Gasteiger partial charge < -0.3 is 15.3 Å². The van der Waals surface area contributed by atoms with E-state index in [2.05, 4.69) is 5.32 Å². The molecule has 0 aromatic rings. The summed E-state index contributed by atoms with van der Waals surface area (Å²) in [6.07, 6.45) is 3.06. The lowest BCUT2D eigenvalue weighted by atomic mass is 10.1. The SMILES string of the molecule is CN[C@@H](CC(=O)O)C(=O)N1CCCCC1. The first-order chi connectivity index (χ1) is 7.15. The van der Waals surface area contributed by atoms with Crippen molar-refractivity contribution >= 4 is 11.9 Å². The summed E-state index contributed by atoms with van der Waals surface area (Å²) >= 11 is 0. The van der Waals surface area contributed by atoms with Crippen LogP contribution >= 0.6 is 0 Å². The molecule has 1 heterocycles. The average Bonchev–Trinajstić information content (AvgIpc) is 2.26. The Balaban J connectivity index is 2.50. The Morgan fingerprint density at radius 3 is 2.40 bits per heavy atom. The minimum absolute atomic E-state index is 0.0837. The second-order valence-electron chi connectivity index (χ2n) is 3.83. The van der Waals surface area contributed by atoms with Gasteiger partial charge in [-0.3, -0.25) is 9.59 Å². The number of hydrogen-bond acceptors (Lipinski definition) is 3. The summed E-state index contributed by atoms with van der Waals surface area (Å²) < 4.78 is 0. The number of carboxylic acid groups (broad SMARTS) is 1. The molecule has 0 bridgehead atoms. The molecule has 1 aliphatic heterocycles. The van der Waals surface area contributed by atoms with Crippen molar-refractivity contribution in [3.05, 3.63) is 0 Å². The first kappa shape index (κ1) is 12.0. The number of likely N-dealkylation sites (N-methyl/N-ethyl adjacent to an activating group) is 1. The number of amides is 1. The van der Waals surface area contributed by atoms with Gasteiger partial charge in [0.25, 0.3) is 0 Å². The van der Waals surface area contributed by atoms with E-state index in [1.165, 1.54) is 0 Å². The zero-order valence-corrected chi connectivity index (χ0v) is 9.03. The Labute approximate surface area is 89.4 Å². The molecule has 0 unspecified atom stereocenters. The van der Waals surface area contributed by atoms with Crippen LogP contribution in [0, 0.1) is 0 Å². The van der Waals surface area contributed by atoms with Gasteiger partial charge in [0.1, 0.15) is 0 Å². The summed E-state index contributed by atoms with van der Waals surface area (Å²) in [5.74, 6) is -1.03. The van der Waals surface area contributed by atoms with Crippen molar-refractivity contribution in [2.45, 2.75) is 31.7 Å². The van der Waals surface area contributed by atoms with Crippen LogP contribution in [0.15, 0.2) is 0 Å². The van der Waals surface area contributed by atoms with Crippen LogP contribution in [0.2, 0.25) is 0 Å². The number of carboxylic acids is 1. The van der Waals surface area contributed by atoms with E-state index in [4.69, 9.17) is 5.11 Å². The van der Waals surface area contributed by atoms with E-state index in [0.717, 1.165) is 32.4 Å². The molecule has 1 amide bonds. The Bertz CT molecular complexity index is 237. The van der Waals surface area contributed by atoms with Gasteiger partial charge in [0.15, 0.2) is 0 Å². The fourth-order valence-corrected chi connectivity index (χ4v) is 1.82. The lowest BCUT2D eigenvalue weighted by Crippen LogP contribution is -2.48. The third-order valence-electron chi connectivity index (χ3n) is 2.69. The molecule has 0 aromatic heterocycles. The van der Waals surface area contributed by atoms with Gasteiger partial charge in [-0.15, -0.1) is 0 Å². The highest BCUT2D eigenvalue weighted by molar-refractivity contribution is 5.86.